The molecule has 0 aromatic carbocycles. The lowest BCUT2D eigenvalue weighted by molar-refractivity contribution is -0.124. The maximum Gasteiger partial charge on any atom is 0.239 e. The van der Waals surface area contributed by atoms with E-state index in [2.05, 4.69) is 5.32 Å². The van der Waals surface area contributed by atoms with Crippen LogP contribution >= 0.6 is 0 Å². The summed E-state index contributed by atoms with van der Waals surface area (Å²) in [6, 6.07) is -0.645. The maximum absolute atomic E-state index is 11.4. The van der Waals surface area contributed by atoms with Crippen LogP contribution in [0.3, 0.4) is 0 Å². The SMILES string of the molecule is COCC(N)C(=O)NC(C)CCS(C)=O. The molecule has 0 saturated carbocycles. The van der Waals surface area contributed by atoms with Crippen molar-refractivity contribution in [2.45, 2.75) is 25.4 Å². The van der Waals surface area contributed by atoms with Gasteiger partial charge in [-0.3, -0.25) is 9.00 Å². The number of carbonyl (C=O) groups is 1. The first-order valence-electron chi connectivity index (χ1n) is 4.82. The van der Waals surface area contributed by atoms with Crippen LogP contribution in [-0.4, -0.2) is 47.9 Å². The average molecular weight is 236 g/mol. The van der Waals surface area contributed by atoms with Gasteiger partial charge in [0.1, 0.15) is 6.04 Å². The smallest absolute Gasteiger partial charge is 0.239 e. The van der Waals surface area contributed by atoms with Gasteiger partial charge < -0.3 is 15.8 Å². The van der Waals surface area contributed by atoms with Gasteiger partial charge in [-0.2, -0.15) is 0 Å². The van der Waals surface area contributed by atoms with Crippen molar-refractivity contribution in [3.63, 3.8) is 0 Å². The fourth-order valence-corrected chi connectivity index (χ4v) is 1.71. The molecule has 3 atom stereocenters. The Balaban J connectivity index is 3.79. The van der Waals surface area contributed by atoms with Crippen molar-refractivity contribution in [3.05, 3.63) is 0 Å². The Bertz CT molecular complexity index is 223. The van der Waals surface area contributed by atoms with Crippen molar-refractivity contribution in [1.82, 2.24) is 5.32 Å². The minimum atomic E-state index is -0.822. The molecule has 0 radical (unpaired) electrons. The van der Waals surface area contributed by atoms with E-state index in [4.69, 9.17) is 10.5 Å². The van der Waals surface area contributed by atoms with Gasteiger partial charge in [0, 0.05) is 36.0 Å². The topological polar surface area (TPSA) is 81.4 Å². The molecular weight excluding hydrogens is 216 g/mol. The predicted molar refractivity (Wildman–Crippen MR) is 61.0 cm³/mol. The highest BCUT2D eigenvalue weighted by Gasteiger charge is 2.15. The summed E-state index contributed by atoms with van der Waals surface area (Å²) in [5.74, 6) is 0.354. The highest BCUT2D eigenvalue weighted by Crippen LogP contribution is 1.93. The Kier molecular flexibility index (Phi) is 7.54. The van der Waals surface area contributed by atoms with Gasteiger partial charge in [-0.1, -0.05) is 0 Å². The molecule has 15 heavy (non-hydrogen) atoms. The van der Waals surface area contributed by atoms with Gasteiger partial charge in [-0.15, -0.1) is 0 Å². The number of rotatable bonds is 7. The molecule has 0 heterocycles. The van der Waals surface area contributed by atoms with Gasteiger partial charge in [0.15, 0.2) is 0 Å². The van der Waals surface area contributed by atoms with E-state index in [1.54, 1.807) is 6.26 Å². The zero-order valence-electron chi connectivity index (χ0n) is 9.49. The van der Waals surface area contributed by atoms with Gasteiger partial charge >= 0.3 is 0 Å². The largest absolute Gasteiger partial charge is 0.383 e. The van der Waals surface area contributed by atoms with Crippen LogP contribution in [-0.2, 0) is 20.3 Å². The zero-order chi connectivity index (χ0) is 11.8. The van der Waals surface area contributed by atoms with Crippen LogP contribution in [0.5, 0.6) is 0 Å². The quantitative estimate of drug-likeness (QED) is 0.608. The predicted octanol–water partition coefficient (Wildman–Crippen LogP) is -0.767. The van der Waals surface area contributed by atoms with Crippen LogP contribution in [0.4, 0.5) is 0 Å². The molecule has 0 spiro atoms. The molecule has 0 fully saturated rings. The third-order valence-corrected chi connectivity index (χ3v) is 2.72. The lowest BCUT2D eigenvalue weighted by Crippen LogP contribution is -2.46. The van der Waals surface area contributed by atoms with Gasteiger partial charge in [0.25, 0.3) is 0 Å². The third-order valence-electron chi connectivity index (χ3n) is 1.91. The Morgan fingerprint density at radius 2 is 2.20 bits per heavy atom. The van der Waals surface area contributed by atoms with E-state index >= 15 is 0 Å². The Labute approximate surface area is 93.2 Å². The molecule has 5 nitrogen and oxygen atoms in total. The molecule has 0 rings (SSSR count). The second-order valence-electron chi connectivity index (χ2n) is 3.54. The average Bonchev–Trinajstić information content (AvgIpc) is 2.15. The number of ether oxygens (including phenoxy) is 1. The number of carbonyl (C=O) groups excluding carboxylic acids is 1. The first-order chi connectivity index (χ1) is 6.97. The lowest BCUT2D eigenvalue weighted by Gasteiger charge is -2.16. The zero-order valence-corrected chi connectivity index (χ0v) is 10.3. The highest BCUT2D eigenvalue weighted by atomic mass is 32.2. The summed E-state index contributed by atoms with van der Waals surface area (Å²) in [4.78, 5) is 11.4. The molecular formula is C9H20N2O3S. The minimum Gasteiger partial charge on any atom is -0.383 e. The number of hydrogen-bond donors (Lipinski definition) is 2. The van der Waals surface area contributed by atoms with E-state index in [-0.39, 0.29) is 18.6 Å². The van der Waals surface area contributed by atoms with Crippen LogP contribution in [0.15, 0.2) is 0 Å². The number of methoxy groups -OCH3 is 1. The van der Waals surface area contributed by atoms with E-state index in [1.165, 1.54) is 7.11 Å². The van der Waals surface area contributed by atoms with Gasteiger partial charge in [0.05, 0.1) is 6.61 Å². The van der Waals surface area contributed by atoms with Crippen molar-refractivity contribution >= 4 is 16.7 Å². The van der Waals surface area contributed by atoms with E-state index in [9.17, 15) is 9.00 Å². The Morgan fingerprint density at radius 1 is 1.60 bits per heavy atom. The fourth-order valence-electron chi connectivity index (χ4n) is 1.02. The van der Waals surface area contributed by atoms with Crippen molar-refractivity contribution in [2.75, 3.05) is 25.7 Å². The molecule has 0 aromatic heterocycles. The van der Waals surface area contributed by atoms with E-state index in [0.29, 0.717) is 12.2 Å². The molecule has 3 N–H and O–H groups in total. The number of hydrogen-bond acceptors (Lipinski definition) is 4. The van der Waals surface area contributed by atoms with Crippen LogP contribution in [0.1, 0.15) is 13.3 Å². The first-order valence-corrected chi connectivity index (χ1v) is 6.55. The van der Waals surface area contributed by atoms with E-state index in [0.717, 1.165) is 0 Å². The van der Waals surface area contributed by atoms with Crippen LogP contribution in [0, 0.1) is 0 Å². The number of amides is 1. The number of nitrogens with two attached hydrogens (primary N) is 1. The van der Waals surface area contributed by atoms with Crippen LogP contribution in [0.25, 0.3) is 0 Å². The maximum atomic E-state index is 11.4. The summed E-state index contributed by atoms with van der Waals surface area (Å²) >= 11 is 0. The molecule has 6 heteroatoms. The van der Waals surface area contributed by atoms with Crippen LogP contribution in [0.2, 0.25) is 0 Å². The second kappa shape index (κ2) is 7.78. The monoisotopic (exact) mass is 236 g/mol. The Morgan fingerprint density at radius 3 is 2.67 bits per heavy atom. The minimum absolute atomic E-state index is 0.00990. The summed E-state index contributed by atoms with van der Waals surface area (Å²) in [5, 5.41) is 2.74. The lowest BCUT2D eigenvalue weighted by atomic mass is 10.2. The molecule has 0 aliphatic carbocycles. The number of nitrogens with one attached hydrogen (secondary N) is 1. The molecule has 1 amide bonds. The molecule has 0 aliphatic rings. The van der Waals surface area contributed by atoms with Crippen molar-refractivity contribution in [1.29, 1.82) is 0 Å². The summed E-state index contributed by atoms with van der Waals surface area (Å²) in [6.45, 7) is 2.07. The molecule has 3 unspecified atom stereocenters. The van der Waals surface area contributed by atoms with Crippen molar-refractivity contribution in [2.24, 2.45) is 5.73 Å². The summed E-state index contributed by atoms with van der Waals surface area (Å²) in [6.07, 6.45) is 2.33. The summed E-state index contributed by atoms with van der Waals surface area (Å²) in [7, 11) is 0.675. The van der Waals surface area contributed by atoms with Gasteiger partial charge in [0.2, 0.25) is 5.91 Å². The van der Waals surface area contributed by atoms with Gasteiger partial charge in [-0.25, -0.2) is 0 Å². The third kappa shape index (κ3) is 7.47. The second-order valence-corrected chi connectivity index (χ2v) is 5.09. The van der Waals surface area contributed by atoms with Crippen LogP contribution < -0.4 is 11.1 Å². The molecule has 0 aromatic rings. The first kappa shape index (κ1) is 14.5. The normalized spacial score (nSPS) is 16.8. The van der Waals surface area contributed by atoms with Crippen molar-refractivity contribution < 1.29 is 13.7 Å². The van der Waals surface area contributed by atoms with E-state index in [1.807, 2.05) is 6.92 Å². The molecule has 0 aliphatic heterocycles. The Hall–Kier alpha value is -0.460. The summed E-state index contributed by atoms with van der Waals surface area (Å²) < 4.78 is 15.6. The highest BCUT2D eigenvalue weighted by molar-refractivity contribution is 7.84. The van der Waals surface area contributed by atoms with Crippen molar-refractivity contribution in [3.8, 4) is 0 Å². The standard InChI is InChI=1S/C9H20N2O3S/c1-7(4-5-15(3)13)11-9(12)8(10)6-14-2/h7-8H,4-6,10H2,1-3H3,(H,11,12). The molecule has 0 bridgehead atoms. The van der Waals surface area contributed by atoms with Gasteiger partial charge in [-0.05, 0) is 13.3 Å². The molecule has 90 valence electrons. The summed E-state index contributed by atoms with van der Waals surface area (Å²) in [5.41, 5.74) is 5.53. The van der Waals surface area contributed by atoms with E-state index < -0.39 is 16.8 Å². The molecule has 0 saturated heterocycles. The fraction of sp³-hybridized carbons (Fsp3) is 0.889.